The summed E-state index contributed by atoms with van der Waals surface area (Å²) in [5, 5.41) is 17.0. The minimum Gasteiger partial charge on any atom is -0.506 e. The fourth-order valence-electron chi connectivity index (χ4n) is 3.68. The highest BCUT2D eigenvalue weighted by molar-refractivity contribution is 6.10. The molecule has 0 bridgehead atoms. The van der Waals surface area contributed by atoms with Crippen molar-refractivity contribution >= 4 is 34.1 Å². The van der Waals surface area contributed by atoms with Crippen LogP contribution in [-0.2, 0) is 6.61 Å². The summed E-state index contributed by atoms with van der Waals surface area (Å²) in [5.41, 5.74) is 0.620. The van der Waals surface area contributed by atoms with E-state index in [4.69, 9.17) is 4.84 Å². The van der Waals surface area contributed by atoms with Crippen molar-refractivity contribution in [2.24, 2.45) is 0 Å². The molecule has 5 rings (SSSR count). The maximum Gasteiger partial charge on any atom is 0.301 e. The average Bonchev–Trinajstić information content (AvgIpc) is 2.90. The van der Waals surface area contributed by atoms with Crippen LogP contribution in [0.4, 0.5) is 17.2 Å². The van der Waals surface area contributed by atoms with Gasteiger partial charge in [-0.3, -0.25) is 9.59 Å². The predicted octanol–water partition coefficient (Wildman–Crippen LogP) is 4.12. The SMILES string of the molecule is O=C(Nc1ccccc1)c1c(O)c2c(Nc3ccccc3)ncnc2n(OCc2ccccc2)c1=O. The molecule has 2 aromatic heterocycles. The molecule has 0 fully saturated rings. The Bertz CT molecular complexity index is 1570. The number of rotatable bonds is 7. The highest BCUT2D eigenvalue weighted by Gasteiger charge is 2.26. The van der Waals surface area contributed by atoms with E-state index in [0.29, 0.717) is 11.4 Å². The quantitative estimate of drug-likeness (QED) is 0.321. The summed E-state index contributed by atoms with van der Waals surface area (Å²) >= 11 is 0. The summed E-state index contributed by atoms with van der Waals surface area (Å²) < 4.78 is 0.916. The van der Waals surface area contributed by atoms with E-state index in [1.54, 1.807) is 30.3 Å². The van der Waals surface area contributed by atoms with Gasteiger partial charge in [-0.15, -0.1) is 4.73 Å². The predicted molar refractivity (Wildman–Crippen MR) is 136 cm³/mol. The van der Waals surface area contributed by atoms with Gasteiger partial charge in [-0.1, -0.05) is 66.7 Å². The Morgan fingerprint density at radius 2 is 1.47 bits per heavy atom. The monoisotopic (exact) mass is 479 g/mol. The zero-order chi connectivity index (χ0) is 24.9. The van der Waals surface area contributed by atoms with Crippen molar-refractivity contribution in [2.75, 3.05) is 10.6 Å². The molecule has 3 aromatic carbocycles. The molecule has 0 spiro atoms. The second-order valence-electron chi connectivity index (χ2n) is 7.81. The van der Waals surface area contributed by atoms with Gasteiger partial charge in [0.15, 0.2) is 11.2 Å². The maximum absolute atomic E-state index is 13.5. The molecule has 9 nitrogen and oxygen atoms in total. The number of carbonyl (C=O) groups is 1. The molecule has 0 aliphatic heterocycles. The number of pyridine rings is 1. The number of hydrogen-bond acceptors (Lipinski definition) is 7. The number of amides is 1. The number of anilines is 3. The Labute approximate surface area is 205 Å². The highest BCUT2D eigenvalue weighted by Crippen LogP contribution is 2.32. The summed E-state index contributed by atoms with van der Waals surface area (Å²) in [6.45, 7) is 0.0335. The normalized spacial score (nSPS) is 10.7. The number of nitrogens with zero attached hydrogens (tertiary/aromatic N) is 3. The van der Waals surface area contributed by atoms with Crippen LogP contribution in [-0.4, -0.2) is 25.7 Å². The molecule has 1 amide bonds. The van der Waals surface area contributed by atoms with Gasteiger partial charge in [-0.05, 0) is 29.8 Å². The van der Waals surface area contributed by atoms with Gasteiger partial charge in [-0.25, -0.2) is 9.97 Å². The van der Waals surface area contributed by atoms with Crippen LogP contribution in [0.1, 0.15) is 15.9 Å². The summed E-state index contributed by atoms with van der Waals surface area (Å²) in [6.07, 6.45) is 1.25. The van der Waals surface area contributed by atoms with Gasteiger partial charge >= 0.3 is 5.56 Å². The van der Waals surface area contributed by atoms with E-state index in [-0.39, 0.29) is 23.5 Å². The molecule has 0 saturated heterocycles. The molecule has 5 aromatic rings. The molecule has 0 unspecified atom stereocenters. The fraction of sp³-hybridized carbons (Fsp3) is 0.0370. The lowest BCUT2D eigenvalue weighted by molar-refractivity contribution is 0.0928. The first kappa shape index (κ1) is 22.6. The molecule has 2 heterocycles. The molecule has 0 atom stereocenters. The first-order valence-electron chi connectivity index (χ1n) is 11.1. The fourth-order valence-corrected chi connectivity index (χ4v) is 3.68. The van der Waals surface area contributed by atoms with Crippen LogP contribution in [0.3, 0.4) is 0 Å². The van der Waals surface area contributed by atoms with Crippen LogP contribution in [0.5, 0.6) is 5.75 Å². The third-order valence-electron chi connectivity index (χ3n) is 5.39. The molecule has 0 aliphatic rings. The van der Waals surface area contributed by atoms with Crippen LogP contribution < -0.4 is 21.0 Å². The molecular formula is C27H21N5O4. The minimum absolute atomic E-state index is 0.0122. The Hall–Kier alpha value is -5.18. The lowest BCUT2D eigenvalue weighted by Crippen LogP contribution is -2.34. The van der Waals surface area contributed by atoms with E-state index in [2.05, 4.69) is 20.6 Å². The Morgan fingerprint density at radius 3 is 2.14 bits per heavy atom. The third-order valence-corrected chi connectivity index (χ3v) is 5.39. The number of benzene rings is 3. The van der Waals surface area contributed by atoms with Gasteiger partial charge in [-0.2, -0.15) is 0 Å². The maximum atomic E-state index is 13.5. The highest BCUT2D eigenvalue weighted by atomic mass is 16.7. The van der Waals surface area contributed by atoms with Crippen LogP contribution in [0.2, 0.25) is 0 Å². The summed E-state index contributed by atoms with van der Waals surface area (Å²) in [5.74, 6) is -1.14. The number of para-hydroxylation sites is 2. The Balaban J connectivity index is 1.65. The molecule has 0 saturated carbocycles. The number of fused-ring (bicyclic) bond motifs is 1. The molecular weight excluding hydrogens is 458 g/mol. The van der Waals surface area contributed by atoms with Gasteiger partial charge < -0.3 is 20.6 Å². The van der Waals surface area contributed by atoms with Gasteiger partial charge in [0.2, 0.25) is 0 Å². The number of aromatic nitrogens is 3. The molecule has 3 N–H and O–H groups in total. The van der Waals surface area contributed by atoms with Gasteiger partial charge in [0.05, 0.1) is 0 Å². The number of nitrogens with one attached hydrogen (secondary N) is 2. The number of aromatic hydroxyl groups is 1. The van der Waals surface area contributed by atoms with E-state index in [0.717, 1.165) is 10.3 Å². The van der Waals surface area contributed by atoms with Crippen LogP contribution in [0, 0.1) is 0 Å². The Morgan fingerprint density at radius 1 is 0.861 bits per heavy atom. The van der Waals surface area contributed by atoms with Gasteiger partial charge in [0.25, 0.3) is 5.91 Å². The largest absolute Gasteiger partial charge is 0.506 e. The second kappa shape index (κ2) is 9.98. The van der Waals surface area contributed by atoms with Crippen molar-refractivity contribution < 1.29 is 14.7 Å². The molecule has 0 aliphatic carbocycles. The number of carbonyl (C=O) groups excluding carboxylic acids is 1. The Kier molecular flexibility index (Phi) is 6.27. The van der Waals surface area contributed by atoms with E-state index < -0.39 is 22.8 Å². The van der Waals surface area contributed by atoms with Crippen LogP contribution >= 0.6 is 0 Å². The summed E-state index contributed by atoms with van der Waals surface area (Å²) in [6, 6.07) is 27.0. The van der Waals surface area contributed by atoms with Gasteiger partial charge in [0.1, 0.15) is 29.9 Å². The van der Waals surface area contributed by atoms with E-state index in [1.165, 1.54) is 6.33 Å². The topological polar surface area (TPSA) is 118 Å². The van der Waals surface area contributed by atoms with Gasteiger partial charge in [0, 0.05) is 11.4 Å². The zero-order valence-electron chi connectivity index (χ0n) is 19.0. The minimum atomic E-state index is -0.853. The molecule has 178 valence electrons. The van der Waals surface area contributed by atoms with Crippen molar-refractivity contribution in [1.29, 1.82) is 0 Å². The summed E-state index contributed by atoms with van der Waals surface area (Å²) in [7, 11) is 0. The van der Waals surface area contributed by atoms with Crippen molar-refractivity contribution in [2.45, 2.75) is 6.61 Å². The summed E-state index contributed by atoms with van der Waals surface area (Å²) in [4.78, 5) is 40.9. The van der Waals surface area contributed by atoms with E-state index >= 15 is 0 Å². The standard InChI is InChI=1S/C27H21N5O4/c33-23-21-24(30-19-12-6-2-7-13-19)28-17-29-25(21)32(36-16-18-10-4-1-5-11-18)27(35)22(23)26(34)31-20-14-8-3-9-15-20/h1-15,17,33H,16H2,(H,31,34)(H,28,29,30). The van der Waals surface area contributed by atoms with Crippen molar-refractivity contribution in [3.8, 4) is 5.75 Å². The average molecular weight is 479 g/mol. The smallest absolute Gasteiger partial charge is 0.301 e. The third kappa shape index (κ3) is 4.58. The van der Waals surface area contributed by atoms with Crippen molar-refractivity contribution in [1.82, 2.24) is 14.7 Å². The van der Waals surface area contributed by atoms with Crippen molar-refractivity contribution in [3.63, 3.8) is 0 Å². The lowest BCUT2D eigenvalue weighted by atomic mass is 10.1. The first-order valence-corrected chi connectivity index (χ1v) is 11.1. The molecule has 9 heteroatoms. The first-order chi connectivity index (χ1) is 17.6. The second-order valence-corrected chi connectivity index (χ2v) is 7.81. The van der Waals surface area contributed by atoms with E-state index in [9.17, 15) is 14.7 Å². The number of hydrogen-bond donors (Lipinski definition) is 3. The van der Waals surface area contributed by atoms with Crippen LogP contribution in [0.15, 0.2) is 102 Å². The lowest BCUT2D eigenvalue weighted by Gasteiger charge is -2.17. The van der Waals surface area contributed by atoms with Crippen LogP contribution in [0.25, 0.3) is 11.0 Å². The van der Waals surface area contributed by atoms with Crippen molar-refractivity contribution in [3.05, 3.63) is 119 Å². The zero-order valence-corrected chi connectivity index (χ0v) is 19.0. The molecule has 0 radical (unpaired) electrons. The van der Waals surface area contributed by atoms with E-state index in [1.807, 2.05) is 60.7 Å². The molecule has 36 heavy (non-hydrogen) atoms.